The summed E-state index contributed by atoms with van der Waals surface area (Å²) in [6.45, 7) is 5.67. The molecule has 0 unspecified atom stereocenters. The molecule has 1 aromatic rings. The Hall–Kier alpha value is -0.500. The molecule has 0 saturated carbocycles. The normalized spacial score (nSPS) is 15.1. The first kappa shape index (κ1) is 10.0. The Kier molecular flexibility index (Phi) is 2.56. The standard InChI is InChI=1S/C12H16BrN/c1-8(2)9-4-5-11(13)10-6-7-14(3)12(9)10/h4-5,8H,6-7H2,1-3H3. The Morgan fingerprint density at radius 2 is 2.07 bits per heavy atom. The Morgan fingerprint density at radius 3 is 2.71 bits per heavy atom. The highest BCUT2D eigenvalue weighted by Gasteiger charge is 2.22. The van der Waals surface area contributed by atoms with Crippen molar-refractivity contribution in [1.29, 1.82) is 0 Å². The van der Waals surface area contributed by atoms with E-state index >= 15 is 0 Å². The molecule has 1 aliphatic rings. The smallest absolute Gasteiger partial charge is 0.0443 e. The molecule has 1 nitrogen and oxygen atoms in total. The van der Waals surface area contributed by atoms with Crippen molar-refractivity contribution in [3.05, 3.63) is 27.7 Å². The summed E-state index contributed by atoms with van der Waals surface area (Å²) in [6, 6.07) is 4.43. The first-order valence-electron chi connectivity index (χ1n) is 5.13. The lowest BCUT2D eigenvalue weighted by atomic mass is 9.98. The van der Waals surface area contributed by atoms with Crippen molar-refractivity contribution in [3.8, 4) is 0 Å². The number of benzene rings is 1. The number of halogens is 1. The average molecular weight is 254 g/mol. The zero-order valence-electron chi connectivity index (χ0n) is 8.97. The molecule has 0 atom stereocenters. The van der Waals surface area contributed by atoms with Crippen LogP contribution in [0.4, 0.5) is 5.69 Å². The minimum atomic E-state index is 0.609. The van der Waals surface area contributed by atoms with Gasteiger partial charge in [-0.1, -0.05) is 35.8 Å². The Morgan fingerprint density at radius 1 is 1.36 bits per heavy atom. The quantitative estimate of drug-likeness (QED) is 0.740. The maximum absolute atomic E-state index is 3.63. The minimum absolute atomic E-state index is 0.609. The molecule has 0 amide bonds. The molecule has 2 heteroatoms. The fourth-order valence-corrected chi connectivity index (χ4v) is 2.69. The van der Waals surface area contributed by atoms with Crippen LogP contribution >= 0.6 is 15.9 Å². The molecule has 14 heavy (non-hydrogen) atoms. The van der Waals surface area contributed by atoms with Crippen molar-refractivity contribution in [1.82, 2.24) is 0 Å². The van der Waals surface area contributed by atoms with Crippen molar-refractivity contribution < 1.29 is 0 Å². The fourth-order valence-electron chi connectivity index (χ4n) is 2.18. The molecule has 0 bridgehead atoms. The zero-order valence-corrected chi connectivity index (χ0v) is 10.6. The molecule has 0 radical (unpaired) electrons. The summed E-state index contributed by atoms with van der Waals surface area (Å²) in [4.78, 5) is 2.37. The predicted octanol–water partition coefficient (Wildman–Crippen LogP) is 3.56. The van der Waals surface area contributed by atoms with Gasteiger partial charge in [-0.15, -0.1) is 0 Å². The predicted molar refractivity (Wildman–Crippen MR) is 65.2 cm³/mol. The molecule has 2 rings (SSSR count). The lowest BCUT2D eigenvalue weighted by Gasteiger charge is -2.19. The van der Waals surface area contributed by atoms with E-state index < -0.39 is 0 Å². The molecule has 0 spiro atoms. The van der Waals surface area contributed by atoms with Gasteiger partial charge in [-0.05, 0) is 29.5 Å². The highest BCUT2D eigenvalue weighted by molar-refractivity contribution is 9.10. The van der Waals surface area contributed by atoms with Gasteiger partial charge < -0.3 is 4.90 Å². The van der Waals surface area contributed by atoms with Crippen LogP contribution in [0.5, 0.6) is 0 Å². The van der Waals surface area contributed by atoms with Gasteiger partial charge in [0.1, 0.15) is 0 Å². The van der Waals surface area contributed by atoms with Crippen molar-refractivity contribution >= 4 is 21.6 Å². The van der Waals surface area contributed by atoms with Gasteiger partial charge in [0.05, 0.1) is 0 Å². The summed E-state index contributed by atoms with van der Waals surface area (Å²) in [5, 5.41) is 0. The second kappa shape index (κ2) is 3.58. The lowest BCUT2D eigenvalue weighted by molar-refractivity contribution is 0.856. The molecular formula is C12H16BrN. The fraction of sp³-hybridized carbons (Fsp3) is 0.500. The van der Waals surface area contributed by atoms with E-state index in [1.165, 1.54) is 27.7 Å². The molecule has 0 aliphatic carbocycles. The molecule has 0 N–H and O–H groups in total. The molecule has 1 heterocycles. The number of rotatable bonds is 1. The highest BCUT2D eigenvalue weighted by Crippen LogP contribution is 2.38. The minimum Gasteiger partial charge on any atom is -0.374 e. The third-order valence-corrected chi connectivity index (χ3v) is 3.70. The summed E-state index contributed by atoms with van der Waals surface area (Å²) < 4.78 is 1.27. The van der Waals surface area contributed by atoms with Gasteiger partial charge in [0.2, 0.25) is 0 Å². The van der Waals surface area contributed by atoms with Gasteiger partial charge >= 0.3 is 0 Å². The van der Waals surface area contributed by atoms with Crippen LogP contribution in [0, 0.1) is 0 Å². The van der Waals surface area contributed by atoms with Crippen LogP contribution < -0.4 is 4.90 Å². The van der Waals surface area contributed by atoms with E-state index in [9.17, 15) is 0 Å². The van der Waals surface area contributed by atoms with Gasteiger partial charge in [-0.3, -0.25) is 0 Å². The van der Waals surface area contributed by atoms with E-state index in [0.717, 1.165) is 6.54 Å². The second-order valence-electron chi connectivity index (χ2n) is 4.29. The van der Waals surface area contributed by atoms with E-state index in [4.69, 9.17) is 0 Å². The monoisotopic (exact) mass is 253 g/mol. The van der Waals surface area contributed by atoms with E-state index in [2.05, 4.69) is 53.9 Å². The summed E-state index contributed by atoms with van der Waals surface area (Å²) in [5.74, 6) is 0.609. The van der Waals surface area contributed by atoms with Gasteiger partial charge in [-0.2, -0.15) is 0 Å². The van der Waals surface area contributed by atoms with Crippen LogP contribution in [0.3, 0.4) is 0 Å². The number of hydrogen-bond donors (Lipinski definition) is 0. The Labute approximate surface area is 94.2 Å². The molecule has 0 aromatic heterocycles. The largest absolute Gasteiger partial charge is 0.374 e. The number of hydrogen-bond acceptors (Lipinski definition) is 1. The maximum atomic E-state index is 3.63. The zero-order chi connectivity index (χ0) is 10.3. The van der Waals surface area contributed by atoms with Crippen LogP contribution in [0.15, 0.2) is 16.6 Å². The summed E-state index contributed by atoms with van der Waals surface area (Å²) >= 11 is 3.63. The molecule has 1 aromatic carbocycles. The highest BCUT2D eigenvalue weighted by atomic mass is 79.9. The molecule has 76 valence electrons. The first-order chi connectivity index (χ1) is 6.61. The third kappa shape index (κ3) is 1.46. The summed E-state index contributed by atoms with van der Waals surface area (Å²) in [7, 11) is 2.18. The van der Waals surface area contributed by atoms with Crippen LogP contribution in [0.25, 0.3) is 0 Å². The number of nitrogens with zero attached hydrogens (tertiary/aromatic N) is 1. The summed E-state index contributed by atoms with van der Waals surface area (Å²) in [6.07, 6.45) is 1.17. The molecule has 0 saturated heterocycles. The number of likely N-dealkylation sites (N-methyl/N-ethyl adjacent to an activating group) is 1. The maximum Gasteiger partial charge on any atom is 0.0443 e. The topological polar surface area (TPSA) is 3.24 Å². The van der Waals surface area contributed by atoms with Crippen LogP contribution in [-0.4, -0.2) is 13.6 Å². The van der Waals surface area contributed by atoms with E-state index in [-0.39, 0.29) is 0 Å². The van der Waals surface area contributed by atoms with Gasteiger partial charge in [0.15, 0.2) is 0 Å². The number of fused-ring (bicyclic) bond motifs is 1. The molecule has 0 fully saturated rings. The van der Waals surface area contributed by atoms with Crippen molar-refractivity contribution in [2.24, 2.45) is 0 Å². The van der Waals surface area contributed by atoms with E-state index in [0.29, 0.717) is 5.92 Å². The summed E-state index contributed by atoms with van der Waals surface area (Å²) in [5.41, 5.74) is 4.41. The Bertz CT molecular complexity index is 358. The van der Waals surface area contributed by atoms with Gasteiger partial charge in [0.25, 0.3) is 0 Å². The number of anilines is 1. The van der Waals surface area contributed by atoms with Gasteiger partial charge in [0, 0.05) is 23.8 Å². The second-order valence-corrected chi connectivity index (χ2v) is 5.14. The third-order valence-electron chi connectivity index (χ3n) is 2.96. The van der Waals surface area contributed by atoms with E-state index in [1.54, 1.807) is 0 Å². The lowest BCUT2D eigenvalue weighted by Crippen LogP contribution is -2.14. The molecular weight excluding hydrogens is 238 g/mol. The average Bonchev–Trinajstić information content (AvgIpc) is 2.50. The first-order valence-corrected chi connectivity index (χ1v) is 5.93. The van der Waals surface area contributed by atoms with E-state index in [1.807, 2.05) is 0 Å². The van der Waals surface area contributed by atoms with Crippen LogP contribution in [-0.2, 0) is 6.42 Å². The SMILES string of the molecule is CC(C)c1ccc(Br)c2c1N(C)CC2. The van der Waals surface area contributed by atoms with Crippen molar-refractivity contribution in [2.75, 3.05) is 18.5 Å². The van der Waals surface area contributed by atoms with Crippen LogP contribution in [0.2, 0.25) is 0 Å². The molecule has 1 aliphatic heterocycles. The van der Waals surface area contributed by atoms with Crippen LogP contribution in [0.1, 0.15) is 30.9 Å². The van der Waals surface area contributed by atoms with Crippen molar-refractivity contribution in [2.45, 2.75) is 26.2 Å². The van der Waals surface area contributed by atoms with Crippen molar-refractivity contribution in [3.63, 3.8) is 0 Å². The Balaban J connectivity index is 2.60. The van der Waals surface area contributed by atoms with Gasteiger partial charge in [-0.25, -0.2) is 0 Å².